The molecule has 0 aliphatic rings. The first kappa shape index (κ1) is 19.7. The van der Waals surface area contributed by atoms with Gasteiger partial charge in [0.05, 0.1) is 5.56 Å². The Balaban J connectivity index is 2.05. The highest BCUT2D eigenvalue weighted by Gasteiger charge is 2.16. The topological polar surface area (TPSA) is 89.7 Å². The molecular formula is C19H19BrN2O4. The minimum Gasteiger partial charge on any atom is -0.483 e. The number of rotatable bonds is 9. The average Bonchev–Trinajstić information content (AvgIpc) is 2.64. The SMILES string of the molecule is NC(=O)CCN(Cc1ccccc1)C(=O)COc1ccc(Br)cc1C=O. The monoisotopic (exact) mass is 418 g/mol. The molecule has 0 spiro atoms. The summed E-state index contributed by atoms with van der Waals surface area (Å²) in [5, 5.41) is 0. The predicted molar refractivity (Wildman–Crippen MR) is 101 cm³/mol. The number of halogens is 1. The maximum Gasteiger partial charge on any atom is 0.260 e. The molecule has 0 aliphatic carbocycles. The Hall–Kier alpha value is -2.67. The van der Waals surface area contributed by atoms with E-state index in [1.54, 1.807) is 18.2 Å². The molecule has 2 rings (SSSR count). The standard InChI is InChI=1S/C19H19BrN2O4/c20-16-6-7-17(15(10-16)12-23)26-13-19(25)22(9-8-18(21)24)11-14-4-2-1-3-5-14/h1-7,10,12H,8-9,11,13H2,(H2,21,24). The lowest BCUT2D eigenvalue weighted by atomic mass is 10.2. The second-order valence-corrected chi connectivity index (χ2v) is 6.52. The highest BCUT2D eigenvalue weighted by atomic mass is 79.9. The van der Waals surface area contributed by atoms with E-state index in [-0.39, 0.29) is 25.5 Å². The molecule has 2 aromatic rings. The van der Waals surface area contributed by atoms with Crippen LogP contribution in [0.1, 0.15) is 22.3 Å². The number of ether oxygens (including phenoxy) is 1. The Morgan fingerprint density at radius 3 is 2.54 bits per heavy atom. The van der Waals surface area contributed by atoms with Gasteiger partial charge < -0.3 is 15.4 Å². The van der Waals surface area contributed by atoms with Crippen LogP contribution in [-0.2, 0) is 16.1 Å². The molecule has 0 radical (unpaired) electrons. The molecule has 0 saturated carbocycles. The van der Waals surface area contributed by atoms with Crippen molar-refractivity contribution in [2.24, 2.45) is 5.73 Å². The number of nitrogens with two attached hydrogens (primary N) is 1. The third-order valence-corrected chi connectivity index (χ3v) is 4.14. The van der Waals surface area contributed by atoms with E-state index in [2.05, 4.69) is 15.9 Å². The average molecular weight is 419 g/mol. The molecule has 0 fully saturated rings. The summed E-state index contributed by atoms with van der Waals surface area (Å²) in [5.41, 5.74) is 6.48. The van der Waals surface area contributed by atoms with E-state index in [4.69, 9.17) is 10.5 Å². The van der Waals surface area contributed by atoms with E-state index in [0.29, 0.717) is 24.1 Å². The van der Waals surface area contributed by atoms with Gasteiger partial charge in [-0.1, -0.05) is 46.3 Å². The highest BCUT2D eigenvalue weighted by molar-refractivity contribution is 9.10. The van der Waals surface area contributed by atoms with Crippen molar-refractivity contribution in [1.29, 1.82) is 0 Å². The van der Waals surface area contributed by atoms with E-state index in [1.807, 2.05) is 30.3 Å². The molecule has 0 aromatic heterocycles. The molecule has 136 valence electrons. The lowest BCUT2D eigenvalue weighted by Crippen LogP contribution is -2.36. The fourth-order valence-electron chi connectivity index (χ4n) is 2.31. The number of carbonyl (C=O) groups is 3. The van der Waals surface area contributed by atoms with Gasteiger partial charge in [0.2, 0.25) is 5.91 Å². The van der Waals surface area contributed by atoms with E-state index in [0.717, 1.165) is 10.0 Å². The Morgan fingerprint density at radius 2 is 1.88 bits per heavy atom. The number of nitrogens with zero attached hydrogens (tertiary/aromatic N) is 1. The molecule has 2 amide bonds. The maximum absolute atomic E-state index is 12.6. The van der Waals surface area contributed by atoms with Crippen molar-refractivity contribution >= 4 is 34.0 Å². The maximum atomic E-state index is 12.6. The van der Waals surface area contributed by atoms with E-state index in [1.165, 1.54) is 4.90 Å². The Labute approximate surface area is 160 Å². The number of amides is 2. The van der Waals surface area contributed by atoms with E-state index >= 15 is 0 Å². The second-order valence-electron chi connectivity index (χ2n) is 5.61. The zero-order valence-electron chi connectivity index (χ0n) is 14.1. The fraction of sp³-hybridized carbons (Fsp3) is 0.211. The predicted octanol–water partition coefficient (Wildman–Crippen LogP) is 2.54. The van der Waals surface area contributed by atoms with Crippen molar-refractivity contribution in [2.75, 3.05) is 13.2 Å². The minimum absolute atomic E-state index is 0.0659. The molecule has 0 saturated heterocycles. The molecule has 6 nitrogen and oxygen atoms in total. The Morgan fingerprint density at radius 1 is 1.15 bits per heavy atom. The van der Waals surface area contributed by atoms with E-state index in [9.17, 15) is 14.4 Å². The van der Waals surface area contributed by atoms with Gasteiger partial charge >= 0.3 is 0 Å². The van der Waals surface area contributed by atoms with Gasteiger partial charge in [-0.05, 0) is 23.8 Å². The van der Waals surface area contributed by atoms with Crippen LogP contribution in [0.2, 0.25) is 0 Å². The van der Waals surface area contributed by atoms with Gasteiger partial charge in [-0.15, -0.1) is 0 Å². The molecule has 0 heterocycles. The summed E-state index contributed by atoms with van der Waals surface area (Å²) < 4.78 is 6.25. The first-order valence-corrected chi connectivity index (χ1v) is 8.76. The zero-order chi connectivity index (χ0) is 18.9. The van der Waals surface area contributed by atoms with Crippen LogP contribution in [0.15, 0.2) is 53.0 Å². The van der Waals surface area contributed by atoms with Crippen LogP contribution in [0.3, 0.4) is 0 Å². The summed E-state index contributed by atoms with van der Waals surface area (Å²) in [5.74, 6) is -0.450. The van der Waals surface area contributed by atoms with Gasteiger partial charge in [-0.2, -0.15) is 0 Å². The van der Waals surface area contributed by atoms with Crippen LogP contribution >= 0.6 is 15.9 Å². The molecule has 7 heteroatoms. The summed E-state index contributed by atoms with van der Waals surface area (Å²) in [6.07, 6.45) is 0.732. The van der Waals surface area contributed by atoms with Crippen LogP contribution in [0.4, 0.5) is 0 Å². The molecule has 26 heavy (non-hydrogen) atoms. The van der Waals surface area contributed by atoms with Crippen molar-refractivity contribution in [3.05, 3.63) is 64.1 Å². The number of primary amides is 1. The third kappa shape index (κ3) is 6.00. The van der Waals surface area contributed by atoms with Gasteiger partial charge in [0, 0.05) is 24.0 Å². The number of hydrogen-bond donors (Lipinski definition) is 1. The quantitative estimate of drug-likeness (QED) is 0.633. The van der Waals surface area contributed by atoms with Crippen molar-refractivity contribution in [3.8, 4) is 5.75 Å². The zero-order valence-corrected chi connectivity index (χ0v) is 15.6. The number of aldehydes is 1. The molecule has 0 unspecified atom stereocenters. The minimum atomic E-state index is -0.479. The first-order chi connectivity index (χ1) is 12.5. The van der Waals surface area contributed by atoms with Crippen molar-refractivity contribution in [1.82, 2.24) is 4.90 Å². The largest absolute Gasteiger partial charge is 0.483 e. The van der Waals surface area contributed by atoms with Gasteiger partial charge in [-0.25, -0.2) is 0 Å². The fourth-order valence-corrected chi connectivity index (χ4v) is 2.69. The number of carbonyl (C=O) groups excluding carboxylic acids is 3. The van der Waals surface area contributed by atoms with Crippen molar-refractivity contribution < 1.29 is 19.1 Å². The van der Waals surface area contributed by atoms with Crippen LogP contribution in [-0.4, -0.2) is 36.2 Å². The molecule has 2 N–H and O–H groups in total. The van der Waals surface area contributed by atoms with Crippen LogP contribution in [0.5, 0.6) is 5.75 Å². The van der Waals surface area contributed by atoms with E-state index < -0.39 is 5.91 Å². The van der Waals surface area contributed by atoms with Crippen LogP contribution in [0.25, 0.3) is 0 Å². The first-order valence-electron chi connectivity index (χ1n) is 7.97. The number of benzene rings is 2. The number of hydrogen-bond acceptors (Lipinski definition) is 4. The normalized spacial score (nSPS) is 10.2. The van der Waals surface area contributed by atoms with Crippen molar-refractivity contribution in [3.63, 3.8) is 0 Å². The highest BCUT2D eigenvalue weighted by Crippen LogP contribution is 2.21. The Kier molecular flexibility index (Phi) is 7.35. The van der Waals surface area contributed by atoms with Crippen LogP contribution < -0.4 is 10.5 Å². The summed E-state index contributed by atoms with van der Waals surface area (Å²) in [4.78, 5) is 36.3. The Bertz CT molecular complexity index is 780. The summed E-state index contributed by atoms with van der Waals surface area (Å²) in [6.45, 7) is 0.304. The molecule has 2 aromatic carbocycles. The third-order valence-electron chi connectivity index (χ3n) is 3.65. The summed E-state index contributed by atoms with van der Waals surface area (Å²) in [7, 11) is 0. The molecule has 0 aliphatic heterocycles. The molecular weight excluding hydrogens is 400 g/mol. The smallest absolute Gasteiger partial charge is 0.260 e. The van der Waals surface area contributed by atoms with Crippen molar-refractivity contribution in [2.45, 2.75) is 13.0 Å². The molecule has 0 bridgehead atoms. The molecule has 0 atom stereocenters. The lowest BCUT2D eigenvalue weighted by molar-refractivity contribution is -0.134. The van der Waals surface area contributed by atoms with Gasteiger partial charge in [-0.3, -0.25) is 14.4 Å². The van der Waals surface area contributed by atoms with Crippen LogP contribution in [0, 0.1) is 0 Å². The van der Waals surface area contributed by atoms with Gasteiger partial charge in [0.25, 0.3) is 5.91 Å². The lowest BCUT2D eigenvalue weighted by Gasteiger charge is -2.22. The van der Waals surface area contributed by atoms with Gasteiger partial charge in [0.15, 0.2) is 12.9 Å². The second kappa shape index (κ2) is 9.72. The summed E-state index contributed by atoms with van der Waals surface area (Å²) in [6, 6.07) is 14.4. The van der Waals surface area contributed by atoms with Gasteiger partial charge in [0.1, 0.15) is 5.75 Å². The summed E-state index contributed by atoms with van der Waals surface area (Å²) >= 11 is 3.28.